The van der Waals surface area contributed by atoms with Gasteiger partial charge in [-0.1, -0.05) is 6.08 Å². The van der Waals surface area contributed by atoms with Crippen molar-refractivity contribution in [2.24, 2.45) is 5.92 Å². The van der Waals surface area contributed by atoms with Crippen molar-refractivity contribution in [3.05, 3.63) is 12.7 Å². The van der Waals surface area contributed by atoms with Gasteiger partial charge in [0.05, 0.1) is 12.7 Å². The van der Waals surface area contributed by atoms with Crippen molar-refractivity contribution in [3.63, 3.8) is 0 Å². The first kappa shape index (κ1) is 14.5. The molecule has 5 heteroatoms. The van der Waals surface area contributed by atoms with Gasteiger partial charge in [0.1, 0.15) is 12.2 Å². The molecule has 5 atom stereocenters. The zero-order valence-corrected chi connectivity index (χ0v) is 12.6. The van der Waals surface area contributed by atoms with Gasteiger partial charge in [-0.3, -0.25) is 0 Å². The van der Waals surface area contributed by atoms with Crippen molar-refractivity contribution in [2.45, 2.75) is 70.3 Å². The predicted molar refractivity (Wildman–Crippen MR) is 71.9 cm³/mol. The summed E-state index contributed by atoms with van der Waals surface area (Å²) in [5.41, 5.74) is 0. The third-order valence-corrected chi connectivity index (χ3v) is 4.03. The maximum atomic E-state index is 6.12. The van der Waals surface area contributed by atoms with Gasteiger partial charge in [0.2, 0.25) is 0 Å². The maximum absolute atomic E-state index is 6.12. The number of ether oxygens (including phenoxy) is 5. The molecule has 20 heavy (non-hydrogen) atoms. The molecule has 0 aromatic rings. The molecule has 0 amide bonds. The second-order valence-electron chi connectivity index (χ2n) is 6.65. The van der Waals surface area contributed by atoms with Crippen LogP contribution >= 0.6 is 0 Å². The molecule has 5 nitrogen and oxygen atoms in total. The van der Waals surface area contributed by atoms with E-state index in [0.717, 1.165) is 6.42 Å². The Balaban J connectivity index is 1.84. The molecule has 0 radical (unpaired) electrons. The van der Waals surface area contributed by atoms with Crippen molar-refractivity contribution in [1.29, 1.82) is 0 Å². The maximum Gasteiger partial charge on any atom is 0.190 e. The fourth-order valence-corrected chi connectivity index (χ4v) is 3.20. The van der Waals surface area contributed by atoms with Gasteiger partial charge in [0.15, 0.2) is 17.9 Å². The van der Waals surface area contributed by atoms with E-state index >= 15 is 0 Å². The molecule has 0 spiro atoms. The molecule has 0 N–H and O–H groups in total. The van der Waals surface area contributed by atoms with Gasteiger partial charge in [-0.25, -0.2) is 0 Å². The lowest BCUT2D eigenvalue weighted by Crippen LogP contribution is -2.42. The van der Waals surface area contributed by atoms with Gasteiger partial charge in [-0.2, -0.15) is 0 Å². The van der Waals surface area contributed by atoms with Gasteiger partial charge in [0.25, 0.3) is 0 Å². The minimum atomic E-state index is -0.646. The zero-order chi connectivity index (χ0) is 14.5. The number of hydrogen-bond donors (Lipinski definition) is 0. The van der Waals surface area contributed by atoms with Crippen LogP contribution in [0.1, 0.15) is 34.1 Å². The molecular formula is C15H24O5. The lowest BCUT2D eigenvalue weighted by Gasteiger charge is -2.30. The van der Waals surface area contributed by atoms with Crippen LogP contribution in [-0.4, -0.2) is 42.8 Å². The van der Waals surface area contributed by atoms with E-state index in [-0.39, 0.29) is 30.5 Å². The average Bonchev–Trinajstić information content (AvgIpc) is 2.74. The summed E-state index contributed by atoms with van der Waals surface area (Å²) in [6.45, 7) is 12.0. The Bertz CT molecular complexity index is 392. The Kier molecular flexibility index (Phi) is 3.46. The summed E-state index contributed by atoms with van der Waals surface area (Å²) >= 11 is 0. The molecule has 3 heterocycles. The van der Waals surface area contributed by atoms with Crippen LogP contribution in [0.25, 0.3) is 0 Å². The Morgan fingerprint density at radius 1 is 1.00 bits per heavy atom. The zero-order valence-electron chi connectivity index (χ0n) is 12.6. The van der Waals surface area contributed by atoms with E-state index in [1.54, 1.807) is 0 Å². The summed E-state index contributed by atoms with van der Waals surface area (Å²) < 4.78 is 29.8. The second-order valence-corrected chi connectivity index (χ2v) is 6.65. The highest BCUT2D eigenvalue weighted by Crippen LogP contribution is 2.44. The Labute approximate surface area is 120 Å². The SMILES string of the molecule is C=CC[C@H]1COC(C)(C)O[C@H]2[C@@H]1O[C@@H]1OC(C)(C)O[C@@H]12. The van der Waals surface area contributed by atoms with E-state index in [1.165, 1.54) is 0 Å². The number of rotatable bonds is 2. The number of hydrogen-bond acceptors (Lipinski definition) is 5. The van der Waals surface area contributed by atoms with Crippen molar-refractivity contribution in [1.82, 2.24) is 0 Å². The van der Waals surface area contributed by atoms with Crippen molar-refractivity contribution < 1.29 is 23.7 Å². The summed E-state index contributed by atoms with van der Waals surface area (Å²) in [5, 5.41) is 0. The second kappa shape index (κ2) is 4.78. The van der Waals surface area contributed by atoms with Crippen LogP contribution in [-0.2, 0) is 23.7 Å². The molecule has 3 aliphatic rings. The van der Waals surface area contributed by atoms with Crippen LogP contribution in [0.3, 0.4) is 0 Å². The van der Waals surface area contributed by atoms with E-state index in [9.17, 15) is 0 Å². The molecule has 0 aromatic heterocycles. The minimum Gasteiger partial charge on any atom is -0.350 e. The van der Waals surface area contributed by atoms with Crippen LogP contribution < -0.4 is 0 Å². The lowest BCUT2D eigenvalue weighted by atomic mass is 9.94. The van der Waals surface area contributed by atoms with E-state index in [4.69, 9.17) is 23.7 Å². The van der Waals surface area contributed by atoms with Crippen LogP contribution in [0.4, 0.5) is 0 Å². The molecule has 0 aliphatic carbocycles. The minimum absolute atomic E-state index is 0.0825. The van der Waals surface area contributed by atoms with Crippen molar-refractivity contribution in [2.75, 3.05) is 6.61 Å². The van der Waals surface area contributed by atoms with Gasteiger partial charge in [-0.15, -0.1) is 6.58 Å². The fraction of sp³-hybridized carbons (Fsp3) is 0.867. The van der Waals surface area contributed by atoms with Gasteiger partial charge >= 0.3 is 0 Å². The van der Waals surface area contributed by atoms with Gasteiger partial charge < -0.3 is 23.7 Å². The summed E-state index contributed by atoms with van der Waals surface area (Å²) in [4.78, 5) is 0. The monoisotopic (exact) mass is 284 g/mol. The van der Waals surface area contributed by atoms with Crippen LogP contribution in [0.5, 0.6) is 0 Å². The predicted octanol–water partition coefficient (Wildman–Crippen LogP) is 2.21. The molecule has 0 unspecified atom stereocenters. The van der Waals surface area contributed by atoms with Crippen LogP contribution in [0.15, 0.2) is 12.7 Å². The van der Waals surface area contributed by atoms with E-state index in [2.05, 4.69) is 6.58 Å². The highest BCUT2D eigenvalue weighted by molar-refractivity contribution is 4.99. The van der Waals surface area contributed by atoms with Crippen molar-refractivity contribution in [3.8, 4) is 0 Å². The quantitative estimate of drug-likeness (QED) is 0.728. The normalized spacial score (nSPS) is 45.5. The van der Waals surface area contributed by atoms with Crippen molar-refractivity contribution >= 4 is 0 Å². The molecule has 3 aliphatic heterocycles. The summed E-state index contributed by atoms with van der Waals surface area (Å²) in [7, 11) is 0. The average molecular weight is 284 g/mol. The van der Waals surface area contributed by atoms with Gasteiger partial charge in [-0.05, 0) is 34.1 Å². The molecule has 114 valence electrons. The number of fused-ring (bicyclic) bond motifs is 3. The fourth-order valence-electron chi connectivity index (χ4n) is 3.20. The van der Waals surface area contributed by atoms with E-state index < -0.39 is 11.6 Å². The standard InChI is InChI=1S/C15H24O5/c1-6-7-9-8-16-14(2,3)18-11-10(9)17-13-12(11)19-15(4,5)20-13/h6,9-13H,1,7-8H2,2-5H3/t9-,10+,11-,12+,13+/m0/s1. The van der Waals surface area contributed by atoms with E-state index in [1.807, 2.05) is 33.8 Å². The lowest BCUT2D eigenvalue weighted by molar-refractivity contribution is -0.253. The Morgan fingerprint density at radius 3 is 2.40 bits per heavy atom. The first-order valence-electron chi connectivity index (χ1n) is 7.25. The molecule has 0 aromatic carbocycles. The largest absolute Gasteiger partial charge is 0.350 e. The first-order chi connectivity index (χ1) is 9.31. The molecule has 3 rings (SSSR count). The molecule has 3 saturated heterocycles. The van der Waals surface area contributed by atoms with Gasteiger partial charge in [0, 0.05) is 5.92 Å². The molecule has 3 fully saturated rings. The van der Waals surface area contributed by atoms with Crippen LogP contribution in [0, 0.1) is 5.92 Å². The summed E-state index contributed by atoms with van der Waals surface area (Å²) in [6.07, 6.45) is 1.89. The smallest absolute Gasteiger partial charge is 0.190 e. The summed E-state index contributed by atoms with van der Waals surface area (Å²) in [6, 6.07) is 0. The molecular weight excluding hydrogens is 260 g/mol. The number of allylic oxidation sites excluding steroid dienone is 1. The third kappa shape index (κ3) is 2.53. The Hall–Kier alpha value is -0.460. The third-order valence-electron chi connectivity index (χ3n) is 4.03. The van der Waals surface area contributed by atoms with E-state index in [0.29, 0.717) is 6.61 Å². The topological polar surface area (TPSA) is 46.2 Å². The first-order valence-corrected chi connectivity index (χ1v) is 7.25. The highest BCUT2D eigenvalue weighted by Gasteiger charge is 2.59. The Morgan fingerprint density at radius 2 is 1.70 bits per heavy atom. The van der Waals surface area contributed by atoms with Crippen LogP contribution in [0.2, 0.25) is 0 Å². The summed E-state index contributed by atoms with van der Waals surface area (Å²) in [5.74, 6) is -1.07. The highest BCUT2D eigenvalue weighted by atomic mass is 16.8. The molecule has 0 saturated carbocycles. The molecule has 0 bridgehead atoms.